The minimum absolute atomic E-state index is 0.169. The fourth-order valence-electron chi connectivity index (χ4n) is 3.46. The molecule has 7 nitrogen and oxygen atoms in total. The lowest BCUT2D eigenvalue weighted by molar-refractivity contribution is 0.177. The van der Waals surface area contributed by atoms with Crippen LogP contribution >= 0.6 is 0 Å². The molecule has 1 aromatic heterocycles. The van der Waals surface area contributed by atoms with E-state index in [1.54, 1.807) is 7.11 Å². The van der Waals surface area contributed by atoms with E-state index in [-0.39, 0.29) is 11.5 Å². The molecule has 7 heteroatoms. The van der Waals surface area contributed by atoms with Gasteiger partial charge in [0, 0.05) is 26.1 Å². The summed E-state index contributed by atoms with van der Waals surface area (Å²) in [6.45, 7) is 11.5. The quantitative estimate of drug-likeness (QED) is 0.578. The standard InChI is InChI=1S/C22H34N6O/c1-6-23-21(24-13-16-7-9-17(10-8-16)22(2,3)4)25-18-11-12-20-26-19(15-29-5)27-28(20)14-18/h7-10,18H,6,11-15H2,1-5H3,(H2,23,24,25). The summed E-state index contributed by atoms with van der Waals surface area (Å²) < 4.78 is 7.14. The third-order valence-electron chi connectivity index (χ3n) is 5.10. The predicted molar refractivity (Wildman–Crippen MR) is 116 cm³/mol. The van der Waals surface area contributed by atoms with Gasteiger partial charge in [-0.1, -0.05) is 45.0 Å². The molecule has 1 aromatic carbocycles. The molecular weight excluding hydrogens is 364 g/mol. The van der Waals surface area contributed by atoms with Gasteiger partial charge in [0.1, 0.15) is 12.4 Å². The van der Waals surface area contributed by atoms with Crippen molar-refractivity contribution in [3.63, 3.8) is 0 Å². The molecule has 0 radical (unpaired) electrons. The largest absolute Gasteiger partial charge is 0.377 e. The maximum absolute atomic E-state index is 5.15. The van der Waals surface area contributed by atoms with Gasteiger partial charge < -0.3 is 15.4 Å². The minimum atomic E-state index is 0.169. The lowest BCUT2D eigenvalue weighted by Gasteiger charge is -2.25. The van der Waals surface area contributed by atoms with E-state index in [1.165, 1.54) is 11.1 Å². The first-order chi connectivity index (χ1) is 13.9. The zero-order valence-electron chi connectivity index (χ0n) is 18.3. The first kappa shape index (κ1) is 21.3. The SMILES string of the molecule is CCNC(=NCc1ccc(C(C)(C)C)cc1)NC1CCc2nc(COC)nn2C1. The Balaban J connectivity index is 1.62. The monoisotopic (exact) mass is 398 g/mol. The van der Waals surface area contributed by atoms with Crippen LogP contribution in [0.3, 0.4) is 0 Å². The molecule has 0 bridgehead atoms. The van der Waals surface area contributed by atoms with Crippen molar-refractivity contribution in [2.75, 3.05) is 13.7 Å². The first-order valence-corrected chi connectivity index (χ1v) is 10.4. The number of aliphatic imine (C=N–C) groups is 1. The number of rotatable bonds is 6. The van der Waals surface area contributed by atoms with Crippen molar-refractivity contribution in [1.29, 1.82) is 0 Å². The second kappa shape index (κ2) is 9.39. The molecule has 0 aliphatic carbocycles. The number of nitrogens with one attached hydrogen (secondary N) is 2. The van der Waals surface area contributed by atoms with Gasteiger partial charge in [0.25, 0.3) is 0 Å². The highest BCUT2D eigenvalue weighted by molar-refractivity contribution is 5.80. The lowest BCUT2D eigenvalue weighted by Crippen LogP contribution is -2.47. The zero-order chi connectivity index (χ0) is 20.9. The van der Waals surface area contributed by atoms with Crippen LogP contribution in [0.1, 0.15) is 56.9 Å². The molecule has 1 aliphatic heterocycles. The number of hydrogen-bond donors (Lipinski definition) is 2. The summed E-state index contributed by atoms with van der Waals surface area (Å²) in [5.41, 5.74) is 2.72. The zero-order valence-corrected chi connectivity index (χ0v) is 18.3. The number of ether oxygens (including phenoxy) is 1. The van der Waals surface area contributed by atoms with Crippen LogP contribution in [-0.2, 0) is 36.3 Å². The van der Waals surface area contributed by atoms with Crippen molar-refractivity contribution in [2.24, 2.45) is 4.99 Å². The van der Waals surface area contributed by atoms with Crippen molar-refractivity contribution >= 4 is 5.96 Å². The molecule has 29 heavy (non-hydrogen) atoms. The molecular formula is C22H34N6O. The molecule has 1 aliphatic rings. The van der Waals surface area contributed by atoms with Gasteiger partial charge in [-0.15, -0.1) is 0 Å². The van der Waals surface area contributed by atoms with E-state index in [0.29, 0.717) is 13.2 Å². The Bertz CT molecular complexity index is 819. The normalized spacial score (nSPS) is 17.1. The van der Waals surface area contributed by atoms with Gasteiger partial charge in [0.2, 0.25) is 0 Å². The molecule has 0 saturated carbocycles. The average molecular weight is 399 g/mol. The Morgan fingerprint density at radius 1 is 1.28 bits per heavy atom. The van der Waals surface area contributed by atoms with Crippen molar-refractivity contribution < 1.29 is 4.74 Å². The highest BCUT2D eigenvalue weighted by Gasteiger charge is 2.22. The number of hydrogen-bond acceptors (Lipinski definition) is 4. The summed E-state index contributed by atoms with van der Waals surface area (Å²) in [6.07, 6.45) is 1.91. The molecule has 1 atom stereocenters. The second-order valence-electron chi connectivity index (χ2n) is 8.58. The molecule has 3 rings (SSSR count). The number of methoxy groups -OCH3 is 1. The Morgan fingerprint density at radius 3 is 2.69 bits per heavy atom. The van der Waals surface area contributed by atoms with Crippen LogP contribution in [0.2, 0.25) is 0 Å². The minimum Gasteiger partial charge on any atom is -0.377 e. The van der Waals surface area contributed by atoms with E-state index in [0.717, 1.165) is 43.5 Å². The van der Waals surface area contributed by atoms with E-state index in [1.807, 2.05) is 4.68 Å². The van der Waals surface area contributed by atoms with Crippen LogP contribution in [-0.4, -0.2) is 40.4 Å². The fraction of sp³-hybridized carbons (Fsp3) is 0.591. The van der Waals surface area contributed by atoms with Gasteiger partial charge in [0.05, 0.1) is 13.1 Å². The van der Waals surface area contributed by atoms with Crippen LogP contribution in [0, 0.1) is 0 Å². The fourth-order valence-corrected chi connectivity index (χ4v) is 3.46. The molecule has 1 unspecified atom stereocenters. The van der Waals surface area contributed by atoms with Crippen molar-refractivity contribution in [2.45, 2.75) is 71.7 Å². The Kier molecular flexibility index (Phi) is 6.90. The Hall–Kier alpha value is -2.41. The maximum atomic E-state index is 5.15. The van der Waals surface area contributed by atoms with E-state index in [4.69, 9.17) is 9.73 Å². The molecule has 2 heterocycles. The van der Waals surface area contributed by atoms with Crippen molar-refractivity contribution in [3.8, 4) is 0 Å². The highest BCUT2D eigenvalue weighted by Crippen LogP contribution is 2.22. The number of benzene rings is 1. The van der Waals surface area contributed by atoms with Crippen molar-refractivity contribution in [1.82, 2.24) is 25.4 Å². The number of nitrogens with zero attached hydrogens (tertiary/aromatic N) is 4. The van der Waals surface area contributed by atoms with Crippen LogP contribution in [0.4, 0.5) is 0 Å². The molecule has 2 aromatic rings. The second-order valence-corrected chi connectivity index (χ2v) is 8.58. The molecule has 0 amide bonds. The summed E-state index contributed by atoms with van der Waals surface area (Å²) >= 11 is 0. The molecule has 2 N–H and O–H groups in total. The number of aryl methyl sites for hydroxylation is 1. The first-order valence-electron chi connectivity index (χ1n) is 10.4. The van der Waals surface area contributed by atoms with Gasteiger partial charge in [-0.05, 0) is 29.9 Å². The average Bonchev–Trinajstić information content (AvgIpc) is 3.08. The smallest absolute Gasteiger partial charge is 0.191 e. The van der Waals surface area contributed by atoms with Gasteiger partial charge in [0.15, 0.2) is 11.8 Å². The summed E-state index contributed by atoms with van der Waals surface area (Å²) in [5.74, 6) is 2.64. The van der Waals surface area contributed by atoms with Crippen LogP contribution < -0.4 is 10.6 Å². The van der Waals surface area contributed by atoms with Gasteiger partial charge in [-0.2, -0.15) is 5.10 Å². The topological polar surface area (TPSA) is 76.4 Å². The predicted octanol–water partition coefficient (Wildman–Crippen LogP) is 2.79. The van der Waals surface area contributed by atoms with E-state index < -0.39 is 0 Å². The summed E-state index contributed by atoms with van der Waals surface area (Å²) in [5, 5.41) is 11.5. The number of aromatic nitrogens is 3. The third-order valence-corrected chi connectivity index (χ3v) is 5.10. The van der Waals surface area contributed by atoms with Gasteiger partial charge in [-0.3, -0.25) is 0 Å². The maximum Gasteiger partial charge on any atom is 0.191 e. The molecule has 158 valence electrons. The van der Waals surface area contributed by atoms with Crippen LogP contribution in [0.5, 0.6) is 0 Å². The third kappa shape index (κ3) is 5.79. The number of guanidine groups is 1. The van der Waals surface area contributed by atoms with Crippen LogP contribution in [0.15, 0.2) is 29.3 Å². The summed E-state index contributed by atoms with van der Waals surface area (Å²) in [7, 11) is 1.67. The lowest BCUT2D eigenvalue weighted by atomic mass is 9.87. The van der Waals surface area contributed by atoms with Crippen molar-refractivity contribution in [3.05, 3.63) is 47.0 Å². The molecule has 0 spiro atoms. The number of fused-ring (bicyclic) bond motifs is 1. The summed E-state index contributed by atoms with van der Waals surface area (Å²) in [6, 6.07) is 9.04. The van der Waals surface area contributed by atoms with E-state index in [9.17, 15) is 0 Å². The van der Waals surface area contributed by atoms with Gasteiger partial charge >= 0.3 is 0 Å². The Labute approximate surface area is 174 Å². The molecule has 0 fully saturated rings. The van der Waals surface area contributed by atoms with E-state index in [2.05, 4.69) is 72.7 Å². The van der Waals surface area contributed by atoms with Crippen LogP contribution in [0.25, 0.3) is 0 Å². The Morgan fingerprint density at radius 2 is 2.03 bits per heavy atom. The highest BCUT2D eigenvalue weighted by atomic mass is 16.5. The summed E-state index contributed by atoms with van der Waals surface area (Å²) in [4.78, 5) is 9.33. The van der Waals surface area contributed by atoms with E-state index >= 15 is 0 Å². The van der Waals surface area contributed by atoms with Gasteiger partial charge in [-0.25, -0.2) is 14.7 Å². The molecule has 0 saturated heterocycles.